The summed E-state index contributed by atoms with van der Waals surface area (Å²) in [7, 11) is 0. The zero-order chi connectivity index (χ0) is 33.8. The molecule has 3 heterocycles. The number of benzene rings is 3. The maximum Gasteiger partial charge on any atom is 0.338 e. The number of halogens is 4. The Morgan fingerprint density at radius 2 is 1.48 bits per heavy atom. The minimum Gasteiger partial charge on any atom is -0.489 e. The molecule has 0 N–H and O–H groups in total. The van der Waals surface area contributed by atoms with Crippen LogP contribution in [0.5, 0.6) is 5.75 Å². The molecule has 48 heavy (non-hydrogen) atoms. The Hall–Kier alpha value is -4.73. The van der Waals surface area contributed by atoms with E-state index in [0.29, 0.717) is 10.2 Å². The van der Waals surface area contributed by atoms with Crippen LogP contribution < -0.4 is 4.74 Å². The molecule has 1 fully saturated rings. The summed E-state index contributed by atoms with van der Waals surface area (Å²) >= 11 is 7.95. The molecule has 10 nitrogen and oxygen atoms in total. The van der Waals surface area contributed by atoms with Crippen LogP contribution in [0.2, 0.25) is 0 Å². The summed E-state index contributed by atoms with van der Waals surface area (Å²) in [6.07, 6.45) is 0.764. The number of carbonyl (C=O) groups is 2. The summed E-state index contributed by atoms with van der Waals surface area (Å²) in [4.78, 5) is 30.9. The van der Waals surface area contributed by atoms with Gasteiger partial charge in [0.05, 0.1) is 23.5 Å². The van der Waals surface area contributed by atoms with Gasteiger partial charge in [-0.3, -0.25) is 4.98 Å². The van der Waals surface area contributed by atoms with Crippen LogP contribution in [0.4, 0.5) is 13.2 Å². The number of aromatic nitrogens is 4. The molecule has 0 radical (unpaired) electrons. The van der Waals surface area contributed by atoms with Crippen LogP contribution >= 0.6 is 28.6 Å². The Bertz CT molecular complexity index is 1900. The molecule has 5 aromatic rings. The fraction of sp³-hybridized carbons (Fsp3) is 0.182. The summed E-state index contributed by atoms with van der Waals surface area (Å²) < 4.78 is 68.0. The van der Waals surface area contributed by atoms with Crippen LogP contribution in [0.1, 0.15) is 26.8 Å². The Morgan fingerprint density at radius 3 is 2.08 bits per heavy atom. The second kappa shape index (κ2) is 14.6. The van der Waals surface area contributed by atoms with Crippen molar-refractivity contribution in [1.82, 2.24) is 20.0 Å². The molecule has 3 aromatic carbocycles. The normalized spacial score (nSPS) is 20.6. The number of rotatable bonds is 9. The Labute approximate surface area is 285 Å². The summed E-state index contributed by atoms with van der Waals surface area (Å²) in [6.45, 7) is -0.187. The van der Waals surface area contributed by atoms with E-state index in [1.807, 2.05) is 0 Å². The van der Waals surface area contributed by atoms with Crippen molar-refractivity contribution in [3.63, 3.8) is 0 Å². The van der Waals surface area contributed by atoms with E-state index in [1.54, 1.807) is 72.9 Å². The van der Waals surface area contributed by atoms with Crippen molar-refractivity contribution >= 4 is 40.5 Å². The second-order valence-corrected chi connectivity index (χ2v) is 11.9. The molecule has 0 amide bonds. The van der Waals surface area contributed by atoms with Gasteiger partial charge in [0.1, 0.15) is 35.6 Å². The Balaban J connectivity index is 1.41. The van der Waals surface area contributed by atoms with Gasteiger partial charge in [-0.25, -0.2) is 27.4 Å². The predicted molar refractivity (Wildman–Crippen MR) is 171 cm³/mol. The van der Waals surface area contributed by atoms with Gasteiger partial charge in [0, 0.05) is 16.2 Å². The van der Waals surface area contributed by atoms with Crippen LogP contribution in [-0.4, -0.2) is 62.3 Å². The highest BCUT2D eigenvalue weighted by Crippen LogP contribution is 2.37. The third-order valence-electron chi connectivity index (χ3n) is 7.33. The van der Waals surface area contributed by atoms with Crippen molar-refractivity contribution in [2.75, 3.05) is 6.61 Å². The van der Waals surface area contributed by atoms with Gasteiger partial charge < -0.3 is 18.9 Å². The average Bonchev–Trinajstić information content (AvgIpc) is 3.58. The van der Waals surface area contributed by atoms with Gasteiger partial charge in [-0.05, 0) is 58.4 Å². The van der Waals surface area contributed by atoms with Gasteiger partial charge in [0.25, 0.3) is 0 Å². The highest BCUT2D eigenvalue weighted by molar-refractivity contribution is 9.10. The van der Waals surface area contributed by atoms with Crippen molar-refractivity contribution in [2.24, 2.45) is 0 Å². The summed E-state index contributed by atoms with van der Waals surface area (Å²) in [5, 5.41) is 8.19. The number of thiol groups is 1. The monoisotopic (exact) mass is 740 g/mol. The number of nitrogens with zero attached hydrogens (tertiary/aromatic N) is 4. The lowest BCUT2D eigenvalue weighted by Gasteiger charge is -2.43. The zero-order valence-corrected chi connectivity index (χ0v) is 27.0. The largest absolute Gasteiger partial charge is 0.489 e. The molecule has 5 atom stereocenters. The number of hydrogen-bond acceptors (Lipinski definition) is 10. The molecule has 0 bridgehead atoms. The van der Waals surface area contributed by atoms with E-state index in [2.05, 4.69) is 43.9 Å². The van der Waals surface area contributed by atoms with E-state index in [1.165, 1.54) is 17.1 Å². The lowest BCUT2D eigenvalue weighted by atomic mass is 9.96. The number of ether oxygens (including phenoxy) is 4. The number of carbonyl (C=O) groups excluding carboxylic acids is 2. The number of pyridine rings is 1. The van der Waals surface area contributed by atoms with E-state index >= 15 is 0 Å². The van der Waals surface area contributed by atoms with Gasteiger partial charge >= 0.3 is 11.9 Å². The van der Waals surface area contributed by atoms with Gasteiger partial charge in [-0.2, -0.15) is 0 Å². The SMILES string of the molecule is O=C(O[C@@H]1[C@@H](n2cc(-c3cc(F)c(F)c(F)c3)nn2)[C@@H](OC(=O)c2ccccc2)[C@@H](COc2cncc(Br)c2)O[C@@H]1S)c1ccccc1. The topological polar surface area (TPSA) is 115 Å². The minimum atomic E-state index is -1.64. The third kappa shape index (κ3) is 7.37. The lowest BCUT2D eigenvalue weighted by molar-refractivity contribution is -0.178. The molecule has 0 saturated carbocycles. The van der Waals surface area contributed by atoms with Gasteiger partial charge in [-0.15, -0.1) is 17.7 Å². The first kappa shape index (κ1) is 33.2. The highest BCUT2D eigenvalue weighted by atomic mass is 79.9. The van der Waals surface area contributed by atoms with Crippen molar-refractivity contribution in [3.05, 3.63) is 131 Å². The average molecular weight is 742 g/mol. The predicted octanol–water partition coefficient (Wildman–Crippen LogP) is 6.25. The molecular formula is C33H24BrF3N4O6S. The first-order valence-electron chi connectivity index (χ1n) is 14.3. The van der Waals surface area contributed by atoms with Crippen LogP contribution in [0.25, 0.3) is 11.3 Å². The lowest BCUT2D eigenvalue weighted by Crippen LogP contribution is -2.57. The molecule has 6 rings (SSSR count). The first-order chi connectivity index (χ1) is 23.2. The maximum atomic E-state index is 14.1. The van der Waals surface area contributed by atoms with Crippen molar-refractivity contribution in [3.8, 4) is 17.0 Å². The standard InChI is InChI=1S/C33H24BrF3N4O6S/c34-21-13-22(15-38-14-21)44-17-26-29(46-31(42)18-7-3-1-4-8-18)28(30(33(48)45-26)47-32(43)19-9-5-2-6-10-19)41-16-25(39-40-41)20-11-23(35)27(37)24(36)12-20/h1-16,26,28-30,33,48H,17H2/t26-,28+,29+,30-,33-/m1/s1. The Kier molecular flexibility index (Phi) is 10.1. The van der Waals surface area contributed by atoms with Gasteiger partial charge in [0.15, 0.2) is 29.7 Å². The molecule has 2 aromatic heterocycles. The molecule has 1 saturated heterocycles. The van der Waals surface area contributed by atoms with E-state index in [0.717, 1.165) is 12.1 Å². The van der Waals surface area contributed by atoms with Gasteiger partial charge in [0.2, 0.25) is 0 Å². The third-order valence-corrected chi connectivity index (χ3v) is 8.18. The van der Waals surface area contributed by atoms with Crippen LogP contribution in [0, 0.1) is 17.5 Å². The van der Waals surface area contributed by atoms with E-state index in [4.69, 9.17) is 18.9 Å². The maximum absolute atomic E-state index is 14.1. The van der Waals surface area contributed by atoms with Crippen LogP contribution in [-0.2, 0) is 14.2 Å². The van der Waals surface area contributed by atoms with Gasteiger partial charge in [-0.1, -0.05) is 41.6 Å². The first-order valence-corrected chi connectivity index (χ1v) is 15.6. The number of hydrogen-bond donors (Lipinski definition) is 1. The summed E-state index contributed by atoms with van der Waals surface area (Å²) in [5.74, 6) is -5.60. The van der Waals surface area contributed by atoms with E-state index in [9.17, 15) is 22.8 Å². The molecule has 0 spiro atoms. The number of esters is 2. The molecule has 0 unspecified atom stereocenters. The highest BCUT2D eigenvalue weighted by Gasteiger charge is 2.51. The Morgan fingerprint density at radius 1 is 0.875 bits per heavy atom. The molecule has 1 aliphatic heterocycles. The van der Waals surface area contributed by atoms with Crippen molar-refractivity contribution in [1.29, 1.82) is 0 Å². The van der Waals surface area contributed by atoms with E-state index in [-0.39, 0.29) is 29.0 Å². The molecule has 15 heteroatoms. The summed E-state index contributed by atoms with van der Waals surface area (Å²) in [6, 6.07) is 18.3. The summed E-state index contributed by atoms with van der Waals surface area (Å²) in [5.41, 5.74) is -0.862. The molecule has 1 aliphatic rings. The van der Waals surface area contributed by atoms with Crippen LogP contribution in [0.3, 0.4) is 0 Å². The van der Waals surface area contributed by atoms with Crippen molar-refractivity contribution in [2.45, 2.75) is 29.8 Å². The zero-order valence-electron chi connectivity index (χ0n) is 24.5. The molecule has 0 aliphatic carbocycles. The second-order valence-electron chi connectivity index (χ2n) is 10.5. The molecule has 246 valence electrons. The quantitative estimate of drug-likeness (QED) is 0.107. The minimum absolute atomic E-state index is 0.0516. The smallest absolute Gasteiger partial charge is 0.338 e. The fourth-order valence-electron chi connectivity index (χ4n) is 5.06. The van der Waals surface area contributed by atoms with E-state index < -0.39 is 59.2 Å². The fourth-order valence-corrected chi connectivity index (χ4v) is 5.80. The van der Waals surface area contributed by atoms with Crippen molar-refractivity contribution < 1.29 is 41.7 Å². The molecular weight excluding hydrogens is 717 g/mol. The van der Waals surface area contributed by atoms with Crippen LogP contribution in [0.15, 0.2) is 102 Å².